The third kappa shape index (κ3) is 6.54. The molecule has 1 unspecified atom stereocenters. The molecule has 1 aromatic heterocycles. The third-order valence-electron chi connectivity index (χ3n) is 6.59. The van der Waals surface area contributed by atoms with Crippen molar-refractivity contribution in [2.45, 2.75) is 31.8 Å². The highest BCUT2D eigenvalue weighted by Crippen LogP contribution is 2.28. The lowest BCUT2D eigenvalue weighted by molar-refractivity contribution is -0.167. The number of ether oxygens (including phenoxy) is 3. The average Bonchev–Trinajstić information content (AvgIpc) is 3.28. The van der Waals surface area contributed by atoms with E-state index in [-0.39, 0.29) is 24.8 Å². The molecule has 0 N–H and O–H groups in total. The minimum Gasteiger partial charge on any atom is -0.490 e. The summed E-state index contributed by atoms with van der Waals surface area (Å²) in [5.74, 6) is 0.654. The molecule has 2 aliphatic heterocycles. The van der Waals surface area contributed by atoms with Gasteiger partial charge < -0.3 is 24.0 Å². The van der Waals surface area contributed by atoms with Crippen LogP contribution in [-0.4, -0.2) is 89.6 Å². The average molecular weight is 505 g/mol. The van der Waals surface area contributed by atoms with Crippen LogP contribution in [0, 0.1) is 6.92 Å². The number of aromatic nitrogens is 2. The molecule has 3 heterocycles. The Morgan fingerprint density at radius 1 is 1.11 bits per heavy atom. The van der Waals surface area contributed by atoms with Gasteiger partial charge in [0.05, 0.1) is 32.8 Å². The van der Waals surface area contributed by atoms with Crippen LogP contribution < -0.4 is 4.74 Å². The van der Waals surface area contributed by atoms with E-state index in [0.717, 1.165) is 11.3 Å². The van der Waals surface area contributed by atoms with E-state index in [1.54, 1.807) is 32.8 Å². The van der Waals surface area contributed by atoms with Gasteiger partial charge in [0.15, 0.2) is 0 Å². The lowest BCUT2D eigenvalue weighted by atomic mass is 9.96. The van der Waals surface area contributed by atoms with Crippen molar-refractivity contribution in [3.05, 3.63) is 46.7 Å². The Morgan fingerprint density at radius 3 is 2.60 bits per heavy atom. The van der Waals surface area contributed by atoms with Gasteiger partial charge in [-0.2, -0.15) is 5.10 Å². The molecule has 0 radical (unpaired) electrons. The van der Waals surface area contributed by atoms with Gasteiger partial charge in [0.1, 0.15) is 18.0 Å². The first-order valence-electron chi connectivity index (χ1n) is 12.0. The predicted molar refractivity (Wildman–Crippen MR) is 130 cm³/mol. The molecule has 1 atom stereocenters. The molecule has 35 heavy (non-hydrogen) atoms. The zero-order valence-electron chi connectivity index (χ0n) is 20.4. The number of benzene rings is 1. The minimum absolute atomic E-state index is 0.0200. The molecule has 2 aromatic rings. The topological polar surface area (TPSA) is 86.1 Å². The van der Waals surface area contributed by atoms with E-state index < -0.39 is 5.60 Å². The van der Waals surface area contributed by atoms with Crippen molar-refractivity contribution in [2.24, 2.45) is 7.05 Å². The molecule has 4 rings (SSSR count). The van der Waals surface area contributed by atoms with Crippen LogP contribution in [0.2, 0.25) is 5.02 Å². The number of nitrogens with zero attached hydrogens (tertiary/aromatic N) is 4. The Morgan fingerprint density at radius 2 is 1.89 bits per heavy atom. The molecule has 2 fully saturated rings. The van der Waals surface area contributed by atoms with E-state index in [1.807, 2.05) is 26.1 Å². The number of carbonyl (C=O) groups excluding carboxylic acids is 2. The lowest BCUT2D eigenvalue weighted by Gasteiger charge is -2.43. The zero-order valence-corrected chi connectivity index (χ0v) is 21.1. The highest BCUT2D eigenvalue weighted by Gasteiger charge is 2.42. The normalized spacial score (nSPS) is 20.7. The summed E-state index contributed by atoms with van der Waals surface area (Å²) >= 11 is 6.15. The smallest absolute Gasteiger partial charge is 0.225 e. The number of morpholine rings is 2. The first-order valence-corrected chi connectivity index (χ1v) is 12.4. The summed E-state index contributed by atoms with van der Waals surface area (Å²) in [6.45, 7) is 5.34. The van der Waals surface area contributed by atoms with Crippen molar-refractivity contribution >= 4 is 23.4 Å². The first-order chi connectivity index (χ1) is 16.8. The maximum atomic E-state index is 13.2. The van der Waals surface area contributed by atoms with Gasteiger partial charge in [0.2, 0.25) is 11.8 Å². The largest absolute Gasteiger partial charge is 0.490 e. The summed E-state index contributed by atoms with van der Waals surface area (Å²) in [7, 11) is 1.87. The van der Waals surface area contributed by atoms with Crippen molar-refractivity contribution in [3.63, 3.8) is 0 Å². The van der Waals surface area contributed by atoms with Crippen LogP contribution >= 0.6 is 11.6 Å². The van der Waals surface area contributed by atoms with E-state index in [9.17, 15) is 9.59 Å². The van der Waals surface area contributed by atoms with E-state index in [4.69, 9.17) is 25.8 Å². The summed E-state index contributed by atoms with van der Waals surface area (Å²) in [5, 5.41) is 4.83. The fourth-order valence-corrected chi connectivity index (χ4v) is 4.58. The number of amides is 2. The van der Waals surface area contributed by atoms with Crippen LogP contribution in [0.3, 0.4) is 0 Å². The monoisotopic (exact) mass is 504 g/mol. The summed E-state index contributed by atoms with van der Waals surface area (Å²) in [6, 6.07) is 7.36. The van der Waals surface area contributed by atoms with Gasteiger partial charge in [-0.15, -0.1) is 0 Å². The van der Waals surface area contributed by atoms with Crippen molar-refractivity contribution in [3.8, 4) is 5.75 Å². The van der Waals surface area contributed by atoms with Gasteiger partial charge in [0, 0.05) is 50.0 Å². The third-order valence-corrected chi connectivity index (χ3v) is 7.01. The highest BCUT2D eigenvalue weighted by molar-refractivity contribution is 6.31. The number of halogens is 1. The Bertz CT molecular complexity index is 1040. The van der Waals surface area contributed by atoms with Crippen molar-refractivity contribution < 1.29 is 23.8 Å². The summed E-state index contributed by atoms with van der Waals surface area (Å²) in [4.78, 5) is 29.9. The van der Waals surface area contributed by atoms with Crippen LogP contribution in [-0.2, 0) is 32.5 Å². The molecule has 0 saturated carbocycles. The highest BCUT2D eigenvalue weighted by atomic mass is 35.5. The SMILES string of the molecule is Cc1cc(OCC2(CC(=O)N3CCOCC3)CN(C(=O)CCc3ccnn3C)CCO2)ccc1Cl. The number of rotatable bonds is 8. The van der Waals surface area contributed by atoms with E-state index in [2.05, 4.69) is 5.10 Å². The molecule has 2 amide bonds. The lowest BCUT2D eigenvalue weighted by Crippen LogP contribution is -2.58. The molecule has 2 saturated heterocycles. The van der Waals surface area contributed by atoms with Crippen LogP contribution in [0.4, 0.5) is 0 Å². The van der Waals surface area contributed by atoms with Gasteiger partial charge >= 0.3 is 0 Å². The van der Waals surface area contributed by atoms with Gasteiger partial charge in [-0.25, -0.2) is 0 Å². The van der Waals surface area contributed by atoms with Crippen LogP contribution in [0.15, 0.2) is 30.5 Å². The molecule has 0 spiro atoms. The van der Waals surface area contributed by atoms with E-state index in [1.165, 1.54) is 0 Å². The molecule has 2 aliphatic rings. The second kappa shape index (κ2) is 11.4. The Hall–Kier alpha value is -2.62. The summed E-state index contributed by atoms with van der Waals surface area (Å²) in [6.07, 6.45) is 2.83. The van der Waals surface area contributed by atoms with Crippen molar-refractivity contribution in [2.75, 3.05) is 52.6 Å². The molecule has 0 bridgehead atoms. The fourth-order valence-electron chi connectivity index (χ4n) is 4.46. The van der Waals surface area contributed by atoms with Gasteiger partial charge in [-0.3, -0.25) is 14.3 Å². The molecule has 190 valence electrons. The molecule has 9 nitrogen and oxygen atoms in total. The Labute approximate surface area is 210 Å². The standard InChI is InChI=1S/C25H33ClN4O5/c1-19-15-21(4-5-22(19)26)34-18-25(16-24(32)29-9-12-33-13-10-29)17-30(11-14-35-25)23(31)6-3-20-7-8-27-28(20)2/h4-5,7-8,15H,3,6,9-14,16-18H2,1-2H3. The maximum absolute atomic E-state index is 13.2. The van der Waals surface area contributed by atoms with Crippen LogP contribution in [0.25, 0.3) is 0 Å². The first kappa shape index (κ1) is 25.5. The van der Waals surface area contributed by atoms with Gasteiger partial charge in [-0.1, -0.05) is 11.6 Å². The van der Waals surface area contributed by atoms with Crippen molar-refractivity contribution in [1.82, 2.24) is 19.6 Å². The molecular formula is C25H33ClN4O5. The molecule has 1 aromatic carbocycles. The van der Waals surface area contributed by atoms with Crippen LogP contribution in [0.1, 0.15) is 24.1 Å². The Balaban J connectivity index is 1.46. The predicted octanol–water partition coefficient (Wildman–Crippen LogP) is 2.24. The molecule has 0 aliphatic carbocycles. The number of hydrogen-bond donors (Lipinski definition) is 0. The van der Waals surface area contributed by atoms with Crippen LogP contribution in [0.5, 0.6) is 5.75 Å². The fraction of sp³-hybridized carbons (Fsp3) is 0.560. The zero-order chi connectivity index (χ0) is 24.8. The number of aryl methyl sites for hydroxylation is 3. The van der Waals surface area contributed by atoms with E-state index in [0.29, 0.717) is 69.6 Å². The quantitative estimate of drug-likeness (QED) is 0.548. The number of hydrogen-bond acceptors (Lipinski definition) is 6. The Kier molecular flexibility index (Phi) is 8.30. The van der Waals surface area contributed by atoms with Gasteiger partial charge in [0.25, 0.3) is 0 Å². The number of carbonyl (C=O) groups is 2. The van der Waals surface area contributed by atoms with Gasteiger partial charge in [-0.05, 0) is 43.2 Å². The second-order valence-electron chi connectivity index (χ2n) is 9.16. The van der Waals surface area contributed by atoms with E-state index >= 15 is 0 Å². The second-order valence-corrected chi connectivity index (χ2v) is 9.57. The van der Waals surface area contributed by atoms with Crippen molar-refractivity contribution in [1.29, 1.82) is 0 Å². The summed E-state index contributed by atoms with van der Waals surface area (Å²) in [5.41, 5.74) is 0.963. The maximum Gasteiger partial charge on any atom is 0.225 e. The molecular weight excluding hydrogens is 472 g/mol. The minimum atomic E-state index is -0.941. The molecule has 10 heteroatoms. The summed E-state index contributed by atoms with van der Waals surface area (Å²) < 4.78 is 19.5.